The van der Waals surface area contributed by atoms with E-state index in [1.807, 2.05) is 0 Å². The van der Waals surface area contributed by atoms with Crippen LogP contribution in [0.1, 0.15) is 31.1 Å². The normalized spacial score (nSPS) is 13.0. The summed E-state index contributed by atoms with van der Waals surface area (Å²) in [6.07, 6.45) is 1.40. The summed E-state index contributed by atoms with van der Waals surface area (Å²) in [5.41, 5.74) is 11.6. The van der Waals surface area contributed by atoms with Gasteiger partial charge in [-0.05, 0) is 47.5 Å². The molecule has 45 heavy (non-hydrogen) atoms. The number of hydrogen-bond donors (Lipinski definition) is 5. The minimum Gasteiger partial charge on any atom is -0.495 e. The highest BCUT2D eigenvalue weighted by molar-refractivity contribution is 6.33. The van der Waals surface area contributed by atoms with Gasteiger partial charge in [0.1, 0.15) is 10.8 Å². The Morgan fingerprint density at radius 1 is 0.956 bits per heavy atom. The monoisotopic (exact) mass is 630 g/mol. The molecule has 3 aromatic carbocycles. The van der Waals surface area contributed by atoms with Crippen molar-refractivity contribution in [2.75, 3.05) is 51.1 Å². The van der Waals surface area contributed by atoms with Crippen LogP contribution in [-0.4, -0.2) is 73.2 Å². The van der Waals surface area contributed by atoms with Crippen molar-refractivity contribution in [1.29, 1.82) is 0 Å². The second-order valence-electron chi connectivity index (χ2n) is 9.84. The Bertz CT molecular complexity index is 1730. The first-order valence-electron chi connectivity index (χ1n) is 13.9. The molecule has 1 saturated heterocycles. The average Bonchev–Trinajstić information content (AvgIpc) is 3.06. The number of morpholine rings is 1. The van der Waals surface area contributed by atoms with Crippen molar-refractivity contribution in [1.82, 2.24) is 25.7 Å². The summed E-state index contributed by atoms with van der Waals surface area (Å²) in [6.45, 7) is 2.07. The number of methoxy groups -OCH3 is 1. The number of carbonyl (C=O) groups is 3. The molecule has 1 aliphatic rings. The molecule has 0 saturated carbocycles. The summed E-state index contributed by atoms with van der Waals surface area (Å²) in [7, 11) is 3.06. The third-order valence-electron chi connectivity index (χ3n) is 6.98. The first kappa shape index (κ1) is 31.2. The van der Waals surface area contributed by atoms with E-state index in [1.165, 1.54) is 13.3 Å². The number of benzene rings is 3. The van der Waals surface area contributed by atoms with E-state index < -0.39 is 5.91 Å². The number of nitrogens with zero attached hydrogens (tertiary/aromatic N) is 3. The smallest absolute Gasteiger partial charge is 0.266 e. The number of carbonyl (C=O) groups excluding carboxylic acids is 3. The van der Waals surface area contributed by atoms with E-state index in [1.54, 1.807) is 72.7 Å². The third-order valence-corrected chi connectivity index (χ3v) is 7.25. The largest absolute Gasteiger partial charge is 0.495 e. The zero-order valence-electron chi connectivity index (χ0n) is 24.5. The second-order valence-corrected chi connectivity index (χ2v) is 10.3. The Kier molecular flexibility index (Phi) is 9.73. The lowest BCUT2D eigenvalue weighted by Gasteiger charge is -2.27. The van der Waals surface area contributed by atoms with E-state index in [0.717, 1.165) is 0 Å². The minimum absolute atomic E-state index is 0.138. The molecule has 0 spiro atoms. The van der Waals surface area contributed by atoms with E-state index in [4.69, 9.17) is 26.8 Å². The minimum atomic E-state index is -0.613. The lowest BCUT2D eigenvalue weighted by atomic mass is 9.96. The fourth-order valence-corrected chi connectivity index (χ4v) is 4.81. The van der Waals surface area contributed by atoms with Crippen LogP contribution in [0.15, 0.2) is 66.9 Å². The maximum Gasteiger partial charge on any atom is 0.266 e. The van der Waals surface area contributed by atoms with E-state index in [-0.39, 0.29) is 34.2 Å². The van der Waals surface area contributed by atoms with E-state index in [0.29, 0.717) is 65.7 Å². The van der Waals surface area contributed by atoms with Gasteiger partial charge in [-0.2, -0.15) is 4.98 Å². The fraction of sp³-hybridized carbons (Fsp3) is 0.194. The topological polar surface area (TPSA) is 173 Å². The first-order chi connectivity index (χ1) is 21.8. The van der Waals surface area contributed by atoms with Gasteiger partial charge >= 0.3 is 0 Å². The van der Waals surface area contributed by atoms with E-state index in [9.17, 15) is 14.4 Å². The van der Waals surface area contributed by atoms with Gasteiger partial charge in [-0.1, -0.05) is 35.9 Å². The number of primary amides is 1. The van der Waals surface area contributed by atoms with Gasteiger partial charge in [0.2, 0.25) is 5.95 Å². The van der Waals surface area contributed by atoms with Gasteiger partial charge in [0.25, 0.3) is 17.7 Å². The molecule has 14 heteroatoms. The number of nitrogens with one attached hydrogen (secondary N) is 4. The summed E-state index contributed by atoms with van der Waals surface area (Å²) < 4.78 is 11.1. The van der Waals surface area contributed by atoms with Gasteiger partial charge in [-0.15, -0.1) is 0 Å². The highest BCUT2D eigenvalue weighted by Crippen LogP contribution is 2.36. The Hall–Kier alpha value is -5.24. The van der Waals surface area contributed by atoms with Crippen LogP contribution in [0.5, 0.6) is 5.75 Å². The quantitative estimate of drug-likeness (QED) is 0.174. The Morgan fingerprint density at radius 2 is 1.69 bits per heavy atom. The van der Waals surface area contributed by atoms with Crippen molar-refractivity contribution >= 4 is 52.5 Å². The molecule has 232 valence electrons. The molecule has 0 bridgehead atoms. The summed E-state index contributed by atoms with van der Waals surface area (Å²) in [6, 6.07) is 17.0. The van der Waals surface area contributed by atoms with Crippen LogP contribution in [0.3, 0.4) is 0 Å². The highest BCUT2D eigenvalue weighted by Gasteiger charge is 2.22. The van der Waals surface area contributed by atoms with Crippen LogP contribution >= 0.6 is 11.6 Å². The van der Waals surface area contributed by atoms with Gasteiger partial charge in [0, 0.05) is 25.7 Å². The maximum atomic E-state index is 13.7. The molecule has 3 amide bonds. The number of hydrazine groups is 1. The lowest BCUT2D eigenvalue weighted by Crippen LogP contribution is -2.48. The van der Waals surface area contributed by atoms with Crippen molar-refractivity contribution in [3.8, 4) is 16.9 Å². The van der Waals surface area contributed by atoms with Crippen LogP contribution in [0.2, 0.25) is 5.02 Å². The highest BCUT2D eigenvalue weighted by atomic mass is 35.5. The molecule has 2 heterocycles. The average molecular weight is 631 g/mol. The van der Waals surface area contributed by atoms with Gasteiger partial charge in [0.15, 0.2) is 5.82 Å². The SMILES string of the molecule is CNC(=O)c1ccc(-c2cc(OC)c(Nc3ncc(Cl)c(Nc4ccccc4C(N)=O)n3)cc2C(=O)NN2CCOCC2)cc1. The predicted molar refractivity (Wildman–Crippen MR) is 170 cm³/mol. The molecule has 1 aromatic heterocycles. The molecule has 1 fully saturated rings. The molecule has 4 aromatic rings. The zero-order valence-corrected chi connectivity index (χ0v) is 25.3. The number of para-hydroxylation sites is 1. The number of halogens is 1. The van der Waals surface area contributed by atoms with Crippen LogP contribution in [-0.2, 0) is 4.74 Å². The molecule has 1 aliphatic heterocycles. The summed E-state index contributed by atoms with van der Waals surface area (Å²) in [5.74, 6) is -0.429. The van der Waals surface area contributed by atoms with Gasteiger partial charge in [0.05, 0.1) is 49.0 Å². The molecule has 0 atom stereocenters. The summed E-state index contributed by atoms with van der Waals surface area (Å²) in [4.78, 5) is 46.5. The van der Waals surface area contributed by atoms with Crippen LogP contribution < -0.4 is 31.8 Å². The number of nitrogens with two attached hydrogens (primary N) is 1. The fourth-order valence-electron chi connectivity index (χ4n) is 4.67. The Morgan fingerprint density at radius 3 is 2.38 bits per heavy atom. The Balaban J connectivity index is 1.51. The first-order valence-corrected chi connectivity index (χ1v) is 14.3. The molecular weight excluding hydrogens is 600 g/mol. The summed E-state index contributed by atoms with van der Waals surface area (Å²) >= 11 is 6.38. The van der Waals surface area contributed by atoms with Crippen molar-refractivity contribution in [3.63, 3.8) is 0 Å². The lowest BCUT2D eigenvalue weighted by molar-refractivity contribution is 0.0126. The zero-order chi connectivity index (χ0) is 31.9. The van der Waals surface area contributed by atoms with Crippen LogP contribution in [0.25, 0.3) is 11.1 Å². The summed E-state index contributed by atoms with van der Waals surface area (Å²) in [5, 5.41) is 10.8. The molecule has 6 N–H and O–H groups in total. The number of aromatic nitrogens is 2. The molecule has 13 nitrogen and oxygen atoms in total. The molecule has 0 aliphatic carbocycles. The number of rotatable bonds is 10. The molecule has 0 radical (unpaired) electrons. The molecule has 5 rings (SSSR count). The van der Waals surface area contributed by atoms with E-state index >= 15 is 0 Å². The predicted octanol–water partition coefficient (Wildman–Crippen LogP) is 3.73. The van der Waals surface area contributed by atoms with Gasteiger partial charge in [-0.25, -0.2) is 9.99 Å². The van der Waals surface area contributed by atoms with Crippen LogP contribution in [0, 0.1) is 0 Å². The van der Waals surface area contributed by atoms with Gasteiger partial charge < -0.3 is 31.2 Å². The van der Waals surface area contributed by atoms with Crippen molar-refractivity contribution in [2.45, 2.75) is 0 Å². The van der Waals surface area contributed by atoms with Crippen molar-refractivity contribution < 1.29 is 23.9 Å². The number of anilines is 4. The third kappa shape index (κ3) is 7.29. The molecular formula is C31H31ClN8O5. The number of hydrogen-bond acceptors (Lipinski definition) is 10. The maximum absolute atomic E-state index is 13.7. The standard InChI is InChI=1S/C31H31ClN8O5/c1-34-29(42)19-9-7-18(8-10-19)21-16-26(44-2)25(15-22(21)30(43)39-40-11-13-45-14-12-40)37-31-35-17-23(32)28(38-31)36-24-6-4-3-5-20(24)27(33)41/h3-10,15-17H,11-14H2,1-2H3,(H2,33,41)(H,34,42)(H,39,43)(H2,35,36,37,38). The van der Waals surface area contributed by atoms with E-state index in [2.05, 4.69) is 31.3 Å². The van der Waals surface area contributed by atoms with Crippen molar-refractivity contribution in [3.05, 3.63) is 88.6 Å². The molecule has 0 unspecified atom stereocenters. The second kappa shape index (κ2) is 14.0. The van der Waals surface area contributed by atoms with Crippen molar-refractivity contribution in [2.24, 2.45) is 5.73 Å². The number of amides is 3. The Labute approximate surface area is 264 Å². The number of ether oxygens (including phenoxy) is 2. The van der Waals surface area contributed by atoms with Crippen LogP contribution in [0.4, 0.5) is 23.1 Å². The van der Waals surface area contributed by atoms with Gasteiger partial charge in [-0.3, -0.25) is 19.8 Å².